The first kappa shape index (κ1) is 21.3. The third-order valence-corrected chi connectivity index (χ3v) is 5.22. The zero-order valence-electron chi connectivity index (χ0n) is 17.4. The molecule has 160 valence electrons. The standard InChI is InChI=1S/C25H21ClN4O2/c1-17-7-8-20(13-23(17)29-25(32)19-5-3-2-4-6-19)24(31)27-14-18-15-28-30(16-18)22-11-9-21(26)10-12-22/h2-13,15-16H,14H2,1H3,(H,27,31)(H,29,32). The van der Waals surface area contributed by atoms with Crippen LogP contribution >= 0.6 is 11.6 Å². The molecule has 0 saturated carbocycles. The van der Waals surface area contributed by atoms with E-state index in [0.717, 1.165) is 16.8 Å². The van der Waals surface area contributed by atoms with Gasteiger partial charge in [0.25, 0.3) is 11.8 Å². The molecule has 0 unspecified atom stereocenters. The van der Waals surface area contributed by atoms with Gasteiger partial charge in [-0.2, -0.15) is 5.10 Å². The number of carbonyl (C=O) groups excluding carboxylic acids is 2. The van der Waals surface area contributed by atoms with Crippen LogP contribution in [-0.4, -0.2) is 21.6 Å². The maximum atomic E-state index is 12.7. The molecular weight excluding hydrogens is 424 g/mol. The van der Waals surface area contributed by atoms with Gasteiger partial charge in [-0.3, -0.25) is 9.59 Å². The van der Waals surface area contributed by atoms with E-state index in [1.165, 1.54) is 0 Å². The van der Waals surface area contributed by atoms with E-state index in [4.69, 9.17) is 11.6 Å². The Bertz CT molecular complexity index is 1250. The van der Waals surface area contributed by atoms with Crippen molar-refractivity contribution in [3.05, 3.63) is 112 Å². The lowest BCUT2D eigenvalue weighted by atomic mass is 10.1. The summed E-state index contributed by atoms with van der Waals surface area (Å²) in [7, 11) is 0. The van der Waals surface area contributed by atoms with Gasteiger partial charge >= 0.3 is 0 Å². The van der Waals surface area contributed by atoms with Gasteiger partial charge in [0.2, 0.25) is 0 Å². The molecule has 1 aromatic heterocycles. The normalized spacial score (nSPS) is 10.6. The Kier molecular flexibility index (Phi) is 6.33. The van der Waals surface area contributed by atoms with Crippen molar-refractivity contribution in [2.75, 3.05) is 5.32 Å². The number of aromatic nitrogens is 2. The molecule has 0 spiro atoms. The molecular formula is C25H21ClN4O2. The Labute approximate surface area is 190 Å². The highest BCUT2D eigenvalue weighted by Crippen LogP contribution is 2.18. The van der Waals surface area contributed by atoms with Crippen molar-refractivity contribution in [3.8, 4) is 5.69 Å². The molecule has 2 amide bonds. The van der Waals surface area contributed by atoms with Crippen molar-refractivity contribution in [2.24, 2.45) is 0 Å². The van der Waals surface area contributed by atoms with Crippen molar-refractivity contribution in [1.82, 2.24) is 15.1 Å². The fourth-order valence-electron chi connectivity index (χ4n) is 3.15. The molecule has 0 bridgehead atoms. The number of hydrogen-bond acceptors (Lipinski definition) is 3. The molecule has 7 heteroatoms. The van der Waals surface area contributed by atoms with Gasteiger partial charge in [0, 0.05) is 40.1 Å². The number of nitrogens with one attached hydrogen (secondary N) is 2. The van der Waals surface area contributed by atoms with Crippen LogP contribution in [0.15, 0.2) is 85.2 Å². The van der Waals surface area contributed by atoms with Gasteiger partial charge < -0.3 is 10.6 Å². The second-order valence-corrected chi connectivity index (χ2v) is 7.74. The van der Waals surface area contributed by atoms with Crippen LogP contribution in [-0.2, 0) is 6.54 Å². The number of amides is 2. The molecule has 3 aromatic carbocycles. The second kappa shape index (κ2) is 9.49. The van der Waals surface area contributed by atoms with Crippen molar-refractivity contribution < 1.29 is 9.59 Å². The van der Waals surface area contributed by atoms with Crippen LogP contribution in [0.25, 0.3) is 5.69 Å². The number of aryl methyl sites for hydroxylation is 1. The van der Waals surface area contributed by atoms with E-state index in [-0.39, 0.29) is 11.8 Å². The number of benzene rings is 3. The van der Waals surface area contributed by atoms with E-state index in [1.807, 2.05) is 37.4 Å². The highest BCUT2D eigenvalue weighted by molar-refractivity contribution is 6.30. The third-order valence-electron chi connectivity index (χ3n) is 4.96. The van der Waals surface area contributed by atoms with Crippen LogP contribution in [0.2, 0.25) is 5.02 Å². The Morgan fingerprint density at radius 1 is 0.938 bits per heavy atom. The van der Waals surface area contributed by atoms with Gasteiger partial charge in [0.05, 0.1) is 11.9 Å². The lowest BCUT2D eigenvalue weighted by Gasteiger charge is -2.11. The van der Waals surface area contributed by atoms with Gasteiger partial charge in [-0.1, -0.05) is 35.9 Å². The van der Waals surface area contributed by atoms with E-state index >= 15 is 0 Å². The molecule has 0 fully saturated rings. The fourth-order valence-corrected chi connectivity index (χ4v) is 3.28. The lowest BCUT2D eigenvalue weighted by Crippen LogP contribution is -2.23. The summed E-state index contributed by atoms with van der Waals surface area (Å²) in [5, 5.41) is 10.8. The molecule has 6 nitrogen and oxygen atoms in total. The average Bonchev–Trinajstić information content (AvgIpc) is 3.29. The van der Waals surface area contributed by atoms with Gasteiger partial charge in [-0.05, 0) is 61.0 Å². The smallest absolute Gasteiger partial charge is 0.255 e. The van der Waals surface area contributed by atoms with E-state index < -0.39 is 0 Å². The number of carbonyl (C=O) groups is 2. The van der Waals surface area contributed by atoms with Crippen molar-refractivity contribution in [3.63, 3.8) is 0 Å². The van der Waals surface area contributed by atoms with Gasteiger partial charge in [-0.25, -0.2) is 4.68 Å². The molecule has 32 heavy (non-hydrogen) atoms. The van der Waals surface area contributed by atoms with Crippen LogP contribution in [0, 0.1) is 6.92 Å². The van der Waals surface area contributed by atoms with Crippen LogP contribution in [0.1, 0.15) is 31.8 Å². The van der Waals surface area contributed by atoms with Crippen molar-refractivity contribution >= 4 is 29.1 Å². The van der Waals surface area contributed by atoms with Crippen LogP contribution in [0.4, 0.5) is 5.69 Å². The van der Waals surface area contributed by atoms with E-state index in [2.05, 4.69) is 15.7 Å². The Balaban J connectivity index is 1.41. The van der Waals surface area contributed by atoms with Gasteiger partial charge in [0.15, 0.2) is 0 Å². The summed E-state index contributed by atoms with van der Waals surface area (Å²) >= 11 is 5.93. The minimum atomic E-state index is -0.237. The largest absolute Gasteiger partial charge is 0.348 e. The van der Waals surface area contributed by atoms with Crippen LogP contribution in [0.3, 0.4) is 0 Å². The minimum Gasteiger partial charge on any atom is -0.348 e. The summed E-state index contributed by atoms with van der Waals surface area (Å²) in [6, 6.07) is 21.5. The first-order valence-corrected chi connectivity index (χ1v) is 10.4. The molecule has 0 aliphatic heterocycles. The van der Waals surface area contributed by atoms with E-state index in [9.17, 15) is 9.59 Å². The fraction of sp³-hybridized carbons (Fsp3) is 0.0800. The molecule has 0 aliphatic carbocycles. The zero-order chi connectivity index (χ0) is 22.5. The maximum Gasteiger partial charge on any atom is 0.255 e. The Morgan fingerprint density at radius 2 is 1.69 bits per heavy atom. The summed E-state index contributed by atoms with van der Waals surface area (Å²) in [6.45, 7) is 2.21. The SMILES string of the molecule is Cc1ccc(C(=O)NCc2cnn(-c3ccc(Cl)cc3)c2)cc1NC(=O)c1ccccc1. The molecule has 0 radical (unpaired) electrons. The molecule has 2 N–H and O–H groups in total. The molecule has 0 aliphatic rings. The number of hydrogen-bond donors (Lipinski definition) is 2. The molecule has 4 rings (SSSR count). The predicted molar refractivity (Wildman–Crippen MR) is 125 cm³/mol. The topological polar surface area (TPSA) is 76.0 Å². The number of anilines is 1. The highest BCUT2D eigenvalue weighted by Gasteiger charge is 2.12. The predicted octanol–water partition coefficient (Wildman–Crippen LogP) is 5.02. The first-order valence-electron chi connectivity index (χ1n) is 10.0. The van der Waals surface area contributed by atoms with E-state index in [1.54, 1.807) is 59.4 Å². The molecule has 0 saturated heterocycles. The summed E-state index contributed by atoms with van der Waals surface area (Å²) < 4.78 is 1.72. The quantitative estimate of drug-likeness (QED) is 0.438. The second-order valence-electron chi connectivity index (χ2n) is 7.30. The first-order chi connectivity index (χ1) is 15.5. The Morgan fingerprint density at radius 3 is 2.44 bits per heavy atom. The van der Waals surface area contributed by atoms with Crippen LogP contribution in [0.5, 0.6) is 0 Å². The van der Waals surface area contributed by atoms with Crippen molar-refractivity contribution in [1.29, 1.82) is 0 Å². The number of halogens is 1. The highest BCUT2D eigenvalue weighted by atomic mass is 35.5. The third kappa shape index (κ3) is 5.04. The summed E-state index contributed by atoms with van der Waals surface area (Å²) in [6.07, 6.45) is 3.56. The van der Waals surface area contributed by atoms with Crippen LogP contribution < -0.4 is 10.6 Å². The monoisotopic (exact) mass is 444 g/mol. The maximum absolute atomic E-state index is 12.7. The zero-order valence-corrected chi connectivity index (χ0v) is 18.1. The number of rotatable bonds is 6. The minimum absolute atomic E-state index is 0.221. The van der Waals surface area contributed by atoms with Gasteiger partial charge in [0.1, 0.15) is 0 Å². The number of nitrogens with zero attached hydrogens (tertiary/aromatic N) is 2. The van der Waals surface area contributed by atoms with Crippen molar-refractivity contribution in [2.45, 2.75) is 13.5 Å². The summed E-state index contributed by atoms with van der Waals surface area (Å²) in [5.74, 6) is -0.458. The van der Waals surface area contributed by atoms with Gasteiger partial charge in [-0.15, -0.1) is 0 Å². The molecule has 0 atom stereocenters. The van der Waals surface area contributed by atoms with E-state index in [0.29, 0.717) is 28.4 Å². The Hall–Kier alpha value is -3.90. The summed E-state index contributed by atoms with van der Waals surface area (Å²) in [5.41, 5.74) is 4.22. The molecule has 1 heterocycles. The average molecular weight is 445 g/mol. The summed E-state index contributed by atoms with van der Waals surface area (Å²) in [4.78, 5) is 25.2. The molecule has 4 aromatic rings. The lowest BCUT2D eigenvalue weighted by molar-refractivity contribution is 0.0949.